The second-order valence-electron chi connectivity index (χ2n) is 2.64. The molecule has 12 heavy (non-hydrogen) atoms. The molecule has 6 heteroatoms. The van der Waals surface area contributed by atoms with Crippen molar-refractivity contribution in [3.05, 3.63) is 0 Å². The van der Waals surface area contributed by atoms with Gasteiger partial charge in [-0.2, -0.15) is 0 Å². The fourth-order valence-corrected chi connectivity index (χ4v) is 0.609. The second kappa shape index (κ2) is 9.64. The van der Waals surface area contributed by atoms with E-state index >= 15 is 0 Å². The van der Waals surface area contributed by atoms with Crippen LogP contribution in [0.25, 0.3) is 0 Å². The van der Waals surface area contributed by atoms with Crippen LogP contribution in [-0.4, -0.2) is 17.1 Å². The van der Waals surface area contributed by atoms with E-state index in [-0.39, 0.29) is 14.9 Å². The van der Waals surface area contributed by atoms with Crippen molar-refractivity contribution in [3.8, 4) is 0 Å². The van der Waals surface area contributed by atoms with Crippen LogP contribution < -0.4 is 5.73 Å². The third kappa shape index (κ3) is 13.2. The Bertz CT molecular complexity index is 169. The molecule has 0 aromatic carbocycles. The van der Waals surface area contributed by atoms with Crippen molar-refractivity contribution in [1.29, 1.82) is 0 Å². The zero-order chi connectivity index (χ0) is 10.1. The topological polar surface area (TPSA) is 63.3 Å². The molecule has 3 nitrogen and oxygen atoms in total. The molecule has 3 N–H and O–H groups in total. The number of hydrogen-bond donors (Lipinski definition) is 2. The van der Waals surface area contributed by atoms with Gasteiger partial charge in [0.25, 0.3) is 0 Å². The number of nitrogens with two attached hydrogens (primary N) is 1. The minimum absolute atomic E-state index is 0.357. The van der Waals surface area contributed by atoms with Gasteiger partial charge in [0.05, 0.1) is 0 Å². The van der Waals surface area contributed by atoms with Crippen LogP contribution in [0.2, 0.25) is 0 Å². The summed E-state index contributed by atoms with van der Waals surface area (Å²) in [4.78, 5) is 10.1. The molecule has 0 fully saturated rings. The van der Waals surface area contributed by atoms with Gasteiger partial charge < -0.3 is 10.8 Å². The Kier molecular flexibility index (Phi) is 12.1. The van der Waals surface area contributed by atoms with Gasteiger partial charge in [-0.1, -0.05) is 13.8 Å². The number of rotatable bonds is 3. The predicted octanol–water partition coefficient (Wildman–Crippen LogP) is 1.74. The Labute approximate surface area is 88.1 Å². The molecule has 0 saturated heterocycles. The molecule has 0 aliphatic carbocycles. The first-order valence-electron chi connectivity index (χ1n) is 3.35. The molecular weight excluding hydrogens is 278 g/mol. The van der Waals surface area contributed by atoms with Crippen LogP contribution in [0.3, 0.4) is 0 Å². The van der Waals surface area contributed by atoms with Gasteiger partial charge in [0.15, 0.2) is 0 Å². The quantitative estimate of drug-likeness (QED) is 0.775. The van der Waals surface area contributed by atoms with Crippen molar-refractivity contribution >= 4 is 25.6 Å². The first-order chi connectivity index (χ1) is 5.45. The van der Waals surface area contributed by atoms with Crippen molar-refractivity contribution in [2.24, 2.45) is 11.7 Å². The van der Waals surface area contributed by atoms with Gasteiger partial charge in [-0.15, -0.1) is 0 Å². The molecule has 0 radical (unpaired) electrons. The van der Waals surface area contributed by atoms with E-state index in [0.29, 0.717) is 12.3 Å². The summed E-state index contributed by atoms with van der Waals surface area (Å²) in [7, 11) is 8.68. The van der Waals surface area contributed by atoms with Crippen molar-refractivity contribution < 1.29 is 24.8 Å². The van der Waals surface area contributed by atoms with Crippen molar-refractivity contribution in [3.63, 3.8) is 0 Å². The summed E-state index contributed by atoms with van der Waals surface area (Å²) in [6.45, 7) is 3.89. The predicted molar refractivity (Wildman–Crippen MR) is 50.2 cm³/mol. The van der Waals surface area contributed by atoms with Crippen LogP contribution in [0, 0.1) is 5.92 Å². The van der Waals surface area contributed by atoms with Gasteiger partial charge in [0, 0.05) is 0 Å². The zero-order valence-corrected chi connectivity index (χ0v) is 10.7. The van der Waals surface area contributed by atoms with Gasteiger partial charge >= 0.3 is 40.5 Å². The molecule has 0 amide bonds. The maximum absolute atomic E-state index is 10.1. The second-order valence-corrected chi connectivity index (χ2v) is 6.20. The standard InChI is InChI=1S/C6H13NO2.Mo.2S/c1-4(2)3-5(7)6(8)9;;;/h4-5H,3,7H2,1-2H3,(H,8,9);;;/t5-;;;/m0.../s1. The molecular formula is C6H13MoNO2S2. The first kappa shape index (κ1) is 15.0. The van der Waals surface area contributed by atoms with Crippen molar-refractivity contribution in [2.45, 2.75) is 26.3 Å². The van der Waals surface area contributed by atoms with Gasteiger partial charge in [-0.05, 0) is 12.3 Å². The summed E-state index contributed by atoms with van der Waals surface area (Å²) in [5, 5.41) is 8.31. The molecule has 0 spiro atoms. The molecule has 1 atom stereocenters. The number of hydrogen-bond acceptors (Lipinski definition) is 4. The fourth-order valence-electron chi connectivity index (χ4n) is 0.609. The summed E-state index contributed by atoms with van der Waals surface area (Å²) >= 11 is -0.363. The Morgan fingerprint density at radius 1 is 1.58 bits per heavy atom. The summed E-state index contributed by atoms with van der Waals surface area (Å²) in [6.07, 6.45) is 0.551. The molecule has 0 aliphatic heterocycles. The molecule has 0 bridgehead atoms. The van der Waals surface area contributed by atoms with Crippen LogP contribution >= 0.6 is 19.6 Å². The Balaban J connectivity index is 0. The molecule has 0 aromatic rings. The van der Waals surface area contributed by atoms with E-state index < -0.39 is 12.0 Å². The van der Waals surface area contributed by atoms with E-state index in [1.807, 2.05) is 13.8 Å². The van der Waals surface area contributed by atoms with E-state index in [1.54, 1.807) is 0 Å². The van der Waals surface area contributed by atoms with E-state index in [4.69, 9.17) is 10.8 Å². The van der Waals surface area contributed by atoms with Gasteiger partial charge in [-0.3, -0.25) is 4.79 Å². The Hall–Kier alpha value is 0.558. The third-order valence-corrected chi connectivity index (χ3v) is 1.04. The van der Waals surface area contributed by atoms with Crippen LogP contribution in [-0.2, 0) is 19.7 Å². The Morgan fingerprint density at radius 3 is 2.00 bits per heavy atom. The summed E-state index contributed by atoms with van der Waals surface area (Å²) in [5.41, 5.74) is 5.22. The summed E-state index contributed by atoms with van der Waals surface area (Å²) < 4.78 is 0. The molecule has 0 saturated carbocycles. The van der Waals surface area contributed by atoms with Crippen molar-refractivity contribution in [1.82, 2.24) is 0 Å². The molecule has 0 unspecified atom stereocenters. The number of carbonyl (C=O) groups is 1. The van der Waals surface area contributed by atoms with E-state index in [9.17, 15) is 4.79 Å². The van der Waals surface area contributed by atoms with Crippen LogP contribution in [0.1, 0.15) is 20.3 Å². The average molecular weight is 291 g/mol. The fraction of sp³-hybridized carbons (Fsp3) is 0.833. The summed E-state index contributed by atoms with van der Waals surface area (Å²) in [6, 6.07) is -0.690. The number of carboxylic acid groups (broad SMARTS) is 1. The van der Waals surface area contributed by atoms with Gasteiger partial charge in [0.2, 0.25) is 0 Å². The normalized spacial score (nSPS) is 11.3. The molecule has 72 valence electrons. The molecule has 0 heterocycles. The van der Waals surface area contributed by atoms with Crippen LogP contribution in [0.5, 0.6) is 0 Å². The third-order valence-electron chi connectivity index (χ3n) is 1.04. The SMILES string of the molecule is CC(C)C[C@H](N)C(=O)O.[S]=[Mo]=[S]. The number of carboxylic acids is 1. The molecule has 0 rings (SSSR count). The van der Waals surface area contributed by atoms with Crippen LogP contribution in [0.15, 0.2) is 0 Å². The minimum atomic E-state index is -0.913. The molecule has 0 aliphatic rings. The van der Waals surface area contributed by atoms with E-state index in [0.717, 1.165) is 0 Å². The average Bonchev–Trinajstić information content (AvgIpc) is 1.87. The monoisotopic (exact) mass is 293 g/mol. The van der Waals surface area contributed by atoms with Gasteiger partial charge in [0.1, 0.15) is 6.04 Å². The van der Waals surface area contributed by atoms with Gasteiger partial charge in [-0.25, -0.2) is 0 Å². The zero-order valence-electron chi connectivity index (χ0n) is 7.02. The van der Waals surface area contributed by atoms with E-state index in [2.05, 4.69) is 19.6 Å². The van der Waals surface area contributed by atoms with E-state index in [1.165, 1.54) is 0 Å². The molecule has 0 aromatic heterocycles. The summed E-state index contributed by atoms with van der Waals surface area (Å²) in [5.74, 6) is -0.556. The maximum atomic E-state index is 10.1. The Morgan fingerprint density at radius 2 is 1.92 bits per heavy atom. The van der Waals surface area contributed by atoms with Crippen molar-refractivity contribution in [2.75, 3.05) is 0 Å². The number of aliphatic carboxylic acids is 1. The first-order valence-corrected chi connectivity index (χ1v) is 8.94. The van der Waals surface area contributed by atoms with Crippen LogP contribution in [0.4, 0.5) is 0 Å².